The predicted octanol–water partition coefficient (Wildman–Crippen LogP) is 2.12. The lowest BCUT2D eigenvalue weighted by molar-refractivity contribution is -0.176. The van der Waals surface area contributed by atoms with Crippen molar-refractivity contribution in [2.45, 2.75) is 31.8 Å². The molecule has 0 radical (unpaired) electrons. The molecule has 3 heteroatoms. The van der Waals surface area contributed by atoms with Crippen LogP contribution < -0.4 is 0 Å². The first-order chi connectivity index (χ1) is 7.79. The zero-order valence-corrected chi connectivity index (χ0v) is 9.43. The molecule has 0 aromatic heterocycles. The molecular formula is C13H18O3. The Kier molecular flexibility index (Phi) is 2.51. The van der Waals surface area contributed by atoms with E-state index in [9.17, 15) is 4.79 Å². The summed E-state index contributed by atoms with van der Waals surface area (Å²) in [6, 6.07) is 0. The molecule has 0 aromatic rings. The topological polar surface area (TPSA) is 35.5 Å². The summed E-state index contributed by atoms with van der Waals surface area (Å²) < 4.78 is 10.7. The summed E-state index contributed by atoms with van der Waals surface area (Å²) in [7, 11) is 0. The lowest BCUT2D eigenvalue weighted by Gasteiger charge is -2.52. The van der Waals surface area contributed by atoms with Crippen LogP contribution in [0.15, 0.2) is 12.8 Å². The first-order valence-electron chi connectivity index (χ1n) is 6.17. The van der Waals surface area contributed by atoms with Crippen LogP contribution >= 0.6 is 0 Å². The smallest absolute Gasteiger partial charge is 0.188 e. The molecule has 1 unspecified atom stereocenters. The van der Waals surface area contributed by atoms with E-state index in [-0.39, 0.29) is 18.8 Å². The van der Waals surface area contributed by atoms with Gasteiger partial charge in [0.15, 0.2) is 6.79 Å². The largest absolute Gasteiger partial charge is 0.476 e. The van der Waals surface area contributed by atoms with E-state index in [4.69, 9.17) is 9.47 Å². The van der Waals surface area contributed by atoms with Crippen LogP contribution in [-0.4, -0.2) is 18.7 Å². The highest BCUT2D eigenvalue weighted by molar-refractivity contribution is 5.86. The Balaban J connectivity index is 1.70. The van der Waals surface area contributed by atoms with Gasteiger partial charge in [0.25, 0.3) is 0 Å². The van der Waals surface area contributed by atoms with Gasteiger partial charge in [0.2, 0.25) is 0 Å². The highest BCUT2D eigenvalue weighted by atomic mass is 16.7. The fourth-order valence-corrected chi connectivity index (χ4v) is 4.00. The molecule has 4 fully saturated rings. The fraction of sp³-hybridized carbons (Fsp3) is 0.769. The number of carbonyl (C=O) groups is 1. The Morgan fingerprint density at radius 3 is 3.00 bits per heavy atom. The minimum absolute atomic E-state index is 0.111. The van der Waals surface area contributed by atoms with Crippen molar-refractivity contribution in [3.8, 4) is 0 Å². The van der Waals surface area contributed by atoms with Crippen LogP contribution in [0, 0.1) is 23.7 Å². The average molecular weight is 222 g/mol. The molecule has 0 aliphatic heterocycles. The third-order valence-corrected chi connectivity index (χ3v) is 4.50. The van der Waals surface area contributed by atoms with E-state index in [1.807, 2.05) is 0 Å². The molecule has 0 saturated heterocycles. The van der Waals surface area contributed by atoms with Gasteiger partial charge in [-0.2, -0.15) is 0 Å². The highest BCUT2D eigenvalue weighted by Gasteiger charge is 2.53. The molecule has 4 saturated carbocycles. The van der Waals surface area contributed by atoms with Crippen LogP contribution in [0.1, 0.15) is 25.7 Å². The van der Waals surface area contributed by atoms with Gasteiger partial charge < -0.3 is 9.47 Å². The van der Waals surface area contributed by atoms with E-state index in [0.717, 1.165) is 25.2 Å². The van der Waals surface area contributed by atoms with Crippen molar-refractivity contribution in [3.05, 3.63) is 12.8 Å². The molecule has 4 aliphatic carbocycles. The van der Waals surface area contributed by atoms with Gasteiger partial charge in [-0.15, -0.1) is 0 Å². The Morgan fingerprint density at radius 1 is 1.31 bits per heavy atom. The Bertz CT molecular complexity index is 312. The lowest BCUT2D eigenvalue weighted by atomic mass is 9.54. The number of carbonyl (C=O) groups excluding carboxylic acids is 1. The predicted molar refractivity (Wildman–Crippen MR) is 58.5 cm³/mol. The monoisotopic (exact) mass is 222 g/mol. The number of ether oxygens (including phenoxy) is 2. The maximum absolute atomic E-state index is 12.1. The zero-order valence-electron chi connectivity index (χ0n) is 9.43. The molecule has 4 rings (SSSR count). The zero-order chi connectivity index (χ0) is 11.1. The molecule has 4 bridgehead atoms. The van der Waals surface area contributed by atoms with Gasteiger partial charge in [-0.05, 0) is 37.5 Å². The van der Waals surface area contributed by atoms with Crippen LogP contribution in [0.4, 0.5) is 0 Å². The number of Topliss-reactive ketones (excluding diaryl/α,β-unsaturated/α-hetero) is 1. The van der Waals surface area contributed by atoms with Crippen LogP contribution in [0.25, 0.3) is 0 Å². The molecule has 0 heterocycles. The van der Waals surface area contributed by atoms with Crippen LogP contribution in [-0.2, 0) is 14.3 Å². The molecule has 0 spiro atoms. The van der Waals surface area contributed by atoms with Crippen molar-refractivity contribution in [1.82, 2.24) is 0 Å². The first-order valence-corrected chi connectivity index (χ1v) is 6.17. The van der Waals surface area contributed by atoms with Crippen molar-refractivity contribution < 1.29 is 14.3 Å². The summed E-state index contributed by atoms with van der Waals surface area (Å²) >= 11 is 0. The third kappa shape index (κ3) is 1.49. The minimum atomic E-state index is 0.111. The van der Waals surface area contributed by atoms with Crippen molar-refractivity contribution in [2.24, 2.45) is 23.7 Å². The van der Waals surface area contributed by atoms with E-state index < -0.39 is 0 Å². The molecule has 0 aromatic carbocycles. The number of hydrogen-bond acceptors (Lipinski definition) is 3. The summed E-state index contributed by atoms with van der Waals surface area (Å²) in [6.45, 7) is 3.72. The third-order valence-electron chi connectivity index (χ3n) is 4.50. The lowest BCUT2D eigenvalue weighted by Crippen LogP contribution is -2.54. The SMILES string of the molecule is C=COCOC1[C@H]2C[C@@H]3C[C@H](C2)C(=O)[C@H]1C3. The van der Waals surface area contributed by atoms with Gasteiger partial charge in [-0.3, -0.25) is 4.79 Å². The minimum Gasteiger partial charge on any atom is -0.476 e. The van der Waals surface area contributed by atoms with E-state index in [0.29, 0.717) is 17.6 Å². The van der Waals surface area contributed by atoms with E-state index in [2.05, 4.69) is 6.58 Å². The van der Waals surface area contributed by atoms with Gasteiger partial charge >= 0.3 is 0 Å². The molecule has 88 valence electrons. The first kappa shape index (κ1) is 10.3. The summed E-state index contributed by atoms with van der Waals surface area (Å²) in [5.41, 5.74) is 0. The molecule has 5 atom stereocenters. The van der Waals surface area contributed by atoms with Gasteiger partial charge in [0, 0.05) is 11.8 Å². The number of rotatable bonds is 4. The second-order valence-corrected chi connectivity index (χ2v) is 5.36. The van der Waals surface area contributed by atoms with Crippen LogP contribution in [0.2, 0.25) is 0 Å². The molecule has 0 N–H and O–H groups in total. The van der Waals surface area contributed by atoms with Crippen LogP contribution in [0.3, 0.4) is 0 Å². The molecule has 0 amide bonds. The molecule has 4 aliphatic rings. The van der Waals surface area contributed by atoms with Crippen LogP contribution in [0.5, 0.6) is 0 Å². The molecule has 16 heavy (non-hydrogen) atoms. The second kappa shape index (κ2) is 3.88. The van der Waals surface area contributed by atoms with E-state index in [1.165, 1.54) is 12.7 Å². The van der Waals surface area contributed by atoms with E-state index >= 15 is 0 Å². The number of ketones is 1. The van der Waals surface area contributed by atoms with Crippen molar-refractivity contribution in [2.75, 3.05) is 6.79 Å². The average Bonchev–Trinajstić information content (AvgIpc) is 2.28. The van der Waals surface area contributed by atoms with Crippen molar-refractivity contribution in [1.29, 1.82) is 0 Å². The van der Waals surface area contributed by atoms with E-state index in [1.54, 1.807) is 0 Å². The standard InChI is InChI=1S/C13H18O3/c1-2-15-7-16-13-10-4-8-3-9(6-10)12(14)11(13)5-8/h2,8-11,13H,1,3-7H2/t8-,9+,10-,11+,13?/m0/s1. The van der Waals surface area contributed by atoms with Crippen molar-refractivity contribution >= 4 is 5.78 Å². The fourth-order valence-electron chi connectivity index (χ4n) is 4.00. The second-order valence-electron chi connectivity index (χ2n) is 5.36. The summed E-state index contributed by atoms with van der Waals surface area (Å²) in [6.07, 6.45) is 5.98. The van der Waals surface area contributed by atoms with Gasteiger partial charge in [-0.25, -0.2) is 0 Å². The number of hydrogen-bond donors (Lipinski definition) is 0. The van der Waals surface area contributed by atoms with Gasteiger partial charge in [0.05, 0.1) is 12.4 Å². The van der Waals surface area contributed by atoms with Crippen molar-refractivity contribution in [3.63, 3.8) is 0 Å². The Hall–Kier alpha value is -0.830. The normalized spacial score (nSPS) is 44.8. The summed E-state index contributed by atoms with van der Waals surface area (Å²) in [5.74, 6) is 2.34. The van der Waals surface area contributed by atoms with Gasteiger partial charge in [0.1, 0.15) is 5.78 Å². The Labute approximate surface area is 95.8 Å². The maximum Gasteiger partial charge on any atom is 0.188 e. The maximum atomic E-state index is 12.1. The quantitative estimate of drug-likeness (QED) is 0.415. The molecular weight excluding hydrogens is 204 g/mol. The highest BCUT2D eigenvalue weighted by Crippen LogP contribution is 2.52. The summed E-state index contributed by atoms with van der Waals surface area (Å²) in [5, 5.41) is 0. The Morgan fingerprint density at radius 2 is 2.19 bits per heavy atom. The summed E-state index contributed by atoms with van der Waals surface area (Å²) in [4.78, 5) is 12.1. The molecule has 3 nitrogen and oxygen atoms in total. The van der Waals surface area contributed by atoms with Gasteiger partial charge in [-0.1, -0.05) is 6.58 Å².